The number of nitrogens with two attached hydrogens (primary N) is 1. The number of aryl methyl sites for hydroxylation is 1. The van der Waals surface area contributed by atoms with Crippen LogP contribution in [0.25, 0.3) is 33.2 Å². The molecule has 0 saturated heterocycles. The summed E-state index contributed by atoms with van der Waals surface area (Å²) in [5, 5.41) is 21.6. The first-order valence-corrected chi connectivity index (χ1v) is 9.79. The summed E-state index contributed by atoms with van der Waals surface area (Å²) >= 11 is 0. The van der Waals surface area contributed by atoms with Crippen LogP contribution in [-0.4, -0.2) is 33.2 Å². The topological polar surface area (TPSA) is 132 Å². The Kier molecular flexibility index (Phi) is 4.61. The van der Waals surface area contributed by atoms with Crippen molar-refractivity contribution in [2.45, 2.75) is 6.54 Å². The van der Waals surface area contributed by atoms with Crippen molar-refractivity contribution in [1.29, 1.82) is 5.26 Å². The number of nitriles is 1. The molecule has 0 fully saturated rings. The van der Waals surface area contributed by atoms with Crippen LogP contribution in [-0.2, 0) is 13.6 Å². The molecule has 9 nitrogen and oxygen atoms in total. The molecule has 1 aliphatic rings. The van der Waals surface area contributed by atoms with E-state index < -0.39 is 5.82 Å². The smallest absolute Gasteiger partial charge is 0.272 e. The van der Waals surface area contributed by atoms with Gasteiger partial charge in [-0.25, -0.2) is 9.49 Å². The second kappa shape index (κ2) is 7.47. The average Bonchev–Trinajstić information content (AvgIpc) is 3.19. The summed E-state index contributed by atoms with van der Waals surface area (Å²) in [5.41, 5.74) is 7.71. The van der Waals surface area contributed by atoms with Gasteiger partial charge in [0.2, 0.25) is 0 Å². The van der Waals surface area contributed by atoms with Crippen molar-refractivity contribution in [3.8, 4) is 40.0 Å². The van der Waals surface area contributed by atoms with Crippen LogP contribution in [0.2, 0.25) is 0 Å². The van der Waals surface area contributed by atoms with E-state index in [-0.39, 0.29) is 47.9 Å². The van der Waals surface area contributed by atoms with Crippen molar-refractivity contribution in [3.63, 3.8) is 0 Å². The highest BCUT2D eigenvalue weighted by molar-refractivity contribution is 5.92. The number of hydrogen-bond acceptors (Lipinski definition) is 7. The number of nitrogens with zero attached hydrogens (tertiary/aromatic N) is 4. The molecule has 0 unspecified atom stereocenters. The summed E-state index contributed by atoms with van der Waals surface area (Å²) < 4.78 is 27.9. The Morgan fingerprint density at radius 2 is 2.09 bits per heavy atom. The third kappa shape index (κ3) is 2.91. The molecule has 0 spiro atoms. The van der Waals surface area contributed by atoms with Gasteiger partial charge in [0.15, 0.2) is 11.5 Å². The van der Waals surface area contributed by atoms with E-state index in [1.54, 1.807) is 31.4 Å². The fourth-order valence-corrected chi connectivity index (χ4v) is 3.98. The van der Waals surface area contributed by atoms with Crippen molar-refractivity contribution in [2.75, 3.05) is 13.2 Å². The fraction of sp³-hybridized carbons (Fsp3) is 0.182. The van der Waals surface area contributed by atoms with Crippen molar-refractivity contribution >= 4 is 10.8 Å². The number of H-pyrrole nitrogens is 1. The molecule has 5 rings (SSSR count). The molecule has 0 aliphatic carbocycles. The normalized spacial score (nSPS) is 12.7. The molecular formula is C22H17FN6O3. The van der Waals surface area contributed by atoms with Gasteiger partial charge in [0.05, 0.1) is 28.5 Å². The highest BCUT2D eigenvalue weighted by atomic mass is 19.1. The molecule has 0 amide bonds. The zero-order valence-corrected chi connectivity index (χ0v) is 17.0. The van der Waals surface area contributed by atoms with Gasteiger partial charge in [-0.05, 0) is 17.7 Å². The molecule has 32 heavy (non-hydrogen) atoms. The molecule has 0 bridgehead atoms. The first kappa shape index (κ1) is 19.7. The van der Waals surface area contributed by atoms with Gasteiger partial charge in [-0.1, -0.05) is 6.07 Å². The molecule has 0 saturated carbocycles. The number of aromatic amines is 1. The molecule has 2 aromatic heterocycles. The third-order valence-corrected chi connectivity index (χ3v) is 5.44. The molecule has 3 N–H and O–H groups in total. The van der Waals surface area contributed by atoms with Crippen molar-refractivity contribution in [3.05, 3.63) is 57.9 Å². The summed E-state index contributed by atoms with van der Waals surface area (Å²) in [4.78, 5) is 12.2. The van der Waals surface area contributed by atoms with Crippen LogP contribution >= 0.6 is 0 Å². The zero-order chi connectivity index (χ0) is 22.4. The van der Waals surface area contributed by atoms with Crippen LogP contribution in [0.3, 0.4) is 0 Å². The van der Waals surface area contributed by atoms with Gasteiger partial charge < -0.3 is 15.2 Å². The summed E-state index contributed by atoms with van der Waals surface area (Å²) in [5.74, 6) is -0.222. The predicted molar refractivity (Wildman–Crippen MR) is 114 cm³/mol. The number of halogens is 1. The molecule has 10 heteroatoms. The van der Waals surface area contributed by atoms with Crippen LogP contribution in [0.1, 0.15) is 11.3 Å². The molecule has 160 valence electrons. The molecule has 3 heterocycles. The van der Waals surface area contributed by atoms with Crippen LogP contribution in [0.5, 0.6) is 11.5 Å². The van der Waals surface area contributed by atoms with E-state index in [0.717, 1.165) is 0 Å². The van der Waals surface area contributed by atoms with E-state index in [2.05, 4.69) is 21.4 Å². The number of fused-ring (bicyclic) bond motifs is 2. The maximum absolute atomic E-state index is 15.3. The Balaban J connectivity index is 1.78. The van der Waals surface area contributed by atoms with Gasteiger partial charge in [0.25, 0.3) is 5.56 Å². The summed E-state index contributed by atoms with van der Waals surface area (Å²) in [6.45, 7) is 0.673. The van der Waals surface area contributed by atoms with Crippen molar-refractivity contribution in [1.82, 2.24) is 20.0 Å². The third-order valence-electron chi connectivity index (χ3n) is 5.44. The molecular weight excluding hydrogens is 415 g/mol. The lowest BCUT2D eigenvalue weighted by atomic mass is 9.95. The number of benzene rings is 2. The van der Waals surface area contributed by atoms with Crippen LogP contribution < -0.4 is 20.8 Å². The first-order valence-electron chi connectivity index (χ1n) is 9.79. The Morgan fingerprint density at radius 3 is 2.88 bits per heavy atom. The number of hydrogen-bond donors (Lipinski definition) is 2. The van der Waals surface area contributed by atoms with Gasteiger partial charge in [-0.3, -0.25) is 9.48 Å². The van der Waals surface area contributed by atoms with Gasteiger partial charge in [0, 0.05) is 30.6 Å². The van der Waals surface area contributed by atoms with Crippen LogP contribution in [0.15, 0.2) is 35.3 Å². The SMILES string of the molecule is Cn1ncc(-c2ccc3c(=O)[nH]nc(CN)c3c2)c1-c1c(F)cc2c(c1C#N)OCCO2. The number of rotatable bonds is 3. The maximum Gasteiger partial charge on any atom is 0.272 e. The molecule has 2 aromatic carbocycles. The lowest BCUT2D eigenvalue weighted by Gasteiger charge is -2.21. The highest BCUT2D eigenvalue weighted by Gasteiger charge is 2.28. The van der Waals surface area contributed by atoms with E-state index in [1.807, 2.05) is 0 Å². The summed E-state index contributed by atoms with van der Waals surface area (Å²) in [6, 6.07) is 8.44. The molecule has 4 aromatic rings. The van der Waals surface area contributed by atoms with Gasteiger partial charge in [-0.15, -0.1) is 0 Å². The second-order valence-corrected chi connectivity index (χ2v) is 7.24. The minimum absolute atomic E-state index is 0.0334. The van der Waals surface area contributed by atoms with Crippen LogP contribution in [0, 0.1) is 17.1 Å². The number of ether oxygens (including phenoxy) is 2. The van der Waals surface area contributed by atoms with E-state index >= 15 is 4.39 Å². The Bertz CT molecular complexity index is 1480. The zero-order valence-electron chi connectivity index (χ0n) is 17.0. The summed E-state index contributed by atoms with van der Waals surface area (Å²) in [6.07, 6.45) is 1.58. The van der Waals surface area contributed by atoms with E-state index in [4.69, 9.17) is 15.2 Å². The van der Waals surface area contributed by atoms with E-state index in [0.29, 0.717) is 33.3 Å². The number of nitrogens with one attached hydrogen (secondary N) is 1. The lowest BCUT2D eigenvalue weighted by molar-refractivity contribution is 0.170. The van der Waals surface area contributed by atoms with E-state index in [9.17, 15) is 10.1 Å². The van der Waals surface area contributed by atoms with Gasteiger partial charge >= 0.3 is 0 Å². The van der Waals surface area contributed by atoms with Gasteiger partial charge in [-0.2, -0.15) is 15.5 Å². The minimum Gasteiger partial charge on any atom is -0.486 e. The minimum atomic E-state index is -0.628. The lowest BCUT2D eigenvalue weighted by Crippen LogP contribution is -2.17. The van der Waals surface area contributed by atoms with E-state index in [1.165, 1.54) is 10.7 Å². The van der Waals surface area contributed by atoms with Crippen molar-refractivity contribution in [2.24, 2.45) is 12.8 Å². The monoisotopic (exact) mass is 432 g/mol. The molecule has 0 atom stereocenters. The molecule has 0 radical (unpaired) electrons. The quantitative estimate of drug-likeness (QED) is 0.507. The fourth-order valence-electron chi connectivity index (χ4n) is 3.98. The largest absolute Gasteiger partial charge is 0.486 e. The predicted octanol–water partition coefficient (Wildman–Crippen LogP) is 2.23. The second-order valence-electron chi connectivity index (χ2n) is 7.24. The Morgan fingerprint density at radius 1 is 1.28 bits per heavy atom. The Labute approximate surface area is 180 Å². The standard InChI is InChI=1S/C22H17FN6O3/c1-29-20(19-14(8-24)21-18(7-16(19)23)31-4-5-32-21)15(10-26-29)11-2-3-12-13(6-11)17(9-25)27-28-22(12)30/h2-3,6-7,10H,4-5,9,25H2,1H3,(H,28,30). The van der Waals surface area contributed by atoms with Crippen LogP contribution in [0.4, 0.5) is 4.39 Å². The molecule has 1 aliphatic heterocycles. The average molecular weight is 432 g/mol. The Hall–Kier alpha value is -4.23. The first-order chi connectivity index (χ1) is 15.5. The number of aromatic nitrogens is 4. The van der Waals surface area contributed by atoms with Gasteiger partial charge in [0.1, 0.15) is 30.7 Å². The van der Waals surface area contributed by atoms with Crippen molar-refractivity contribution < 1.29 is 13.9 Å². The summed E-state index contributed by atoms with van der Waals surface area (Å²) in [7, 11) is 1.66. The highest BCUT2D eigenvalue weighted by Crippen LogP contribution is 2.44. The maximum atomic E-state index is 15.3.